The van der Waals surface area contributed by atoms with Gasteiger partial charge in [-0.05, 0) is 25.8 Å². The maximum Gasteiger partial charge on any atom is 0.145 e. The second-order valence-corrected chi connectivity index (χ2v) is 5.69. The van der Waals surface area contributed by atoms with Gasteiger partial charge in [-0.15, -0.1) is 0 Å². The summed E-state index contributed by atoms with van der Waals surface area (Å²) in [7, 11) is 0. The lowest BCUT2D eigenvalue weighted by molar-refractivity contribution is 0.192. The Hall–Kier alpha value is -1.40. The van der Waals surface area contributed by atoms with Crippen LogP contribution in [0.25, 0.3) is 0 Å². The molecule has 2 aliphatic rings. The maximum atomic E-state index is 5.48. The zero-order valence-corrected chi connectivity index (χ0v) is 12.1. The molecule has 2 unspecified atom stereocenters. The van der Waals surface area contributed by atoms with Crippen LogP contribution in [0, 0.1) is 0 Å². The van der Waals surface area contributed by atoms with Crippen molar-refractivity contribution in [2.24, 2.45) is 5.84 Å². The van der Waals surface area contributed by atoms with Crippen molar-refractivity contribution in [3.63, 3.8) is 0 Å². The summed E-state index contributed by atoms with van der Waals surface area (Å²) in [4.78, 5) is 11.5. The van der Waals surface area contributed by atoms with Gasteiger partial charge < -0.3 is 10.7 Å². The smallest absolute Gasteiger partial charge is 0.145 e. The Morgan fingerprint density at radius 1 is 1.25 bits per heavy atom. The molecule has 0 aromatic carbocycles. The highest BCUT2D eigenvalue weighted by molar-refractivity contribution is 5.47. The highest BCUT2D eigenvalue weighted by atomic mass is 15.3. The van der Waals surface area contributed by atoms with Crippen LogP contribution < -0.4 is 16.6 Å². The summed E-state index contributed by atoms with van der Waals surface area (Å²) >= 11 is 0. The molecular weight excluding hydrogens is 252 g/mol. The highest BCUT2D eigenvalue weighted by Gasteiger charge is 2.35. The molecule has 0 aliphatic carbocycles. The van der Waals surface area contributed by atoms with Crippen LogP contribution in [-0.2, 0) is 6.42 Å². The lowest BCUT2D eigenvalue weighted by atomic mass is 9.99. The quantitative estimate of drug-likeness (QED) is 0.569. The monoisotopic (exact) mass is 276 g/mol. The molecule has 110 valence electrons. The number of piperidine rings is 1. The Morgan fingerprint density at radius 2 is 2.10 bits per heavy atom. The maximum absolute atomic E-state index is 5.48. The van der Waals surface area contributed by atoms with E-state index in [4.69, 9.17) is 5.84 Å². The van der Waals surface area contributed by atoms with Crippen LogP contribution in [0.2, 0.25) is 0 Å². The number of rotatable bonds is 4. The number of nitrogens with zero attached hydrogens (tertiary/aromatic N) is 3. The normalized spacial score (nSPS) is 26.3. The molecule has 3 rings (SSSR count). The van der Waals surface area contributed by atoms with Gasteiger partial charge in [0.15, 0.2) is 0 Å². The Morgan fingerprint density at radius 3 is 2.90 bits per heavy atom. The Labute approximate surface area is 120 Å². The molecule has 3 heterocycles. The van der Waals surface area contributed by atoms with Gasteiger partial charge in [0.25, 0.3) is 0 Å². The van der Waals surface area contributed by atoms with Gasteiger partial charge in [-0.2, -0.15) is 0 Å². The Bertz CT molecular complexity index is 441. The van der Waals surface area contributed by atoms with Gasteiger partial charge in [-0.1, -0.05) is 13.3 Å². The highest BCUT2D eigenvalue weighted by Crippen LogP contribution is 2.29. The van der Waals surface area contributed by atoms with Crippen molar-refractivity contribution in [3.8, 4) is 0 Å². The number of nitrogen functional groups attached to an aromatic ring is 1. The molecule has 1 aromatic rings. The van der Waals surface area contributed by atoms with E-state index >= 15 is 0 Å². The van der Waals surface area contributed by atoms with Crippen molar-refractivity contribution in [1.82, 2.24) is 14.9 Å². The molecule has 0 bridgehead atoms. The number of hydrogen-bond acceptors (Lipinski definition) is 6. The standard InChI is InChI=1S/C14H24N6/c1-2-12-17-13(9-14(18-12)19-15)16-10-6-8-20-7-4-3-5-11(10)20/h9-11H,2-8,15H2,1H3,(H2,16,17,18,19). The number of anilines is 2. The van der Waals surface area contributed by atoms with Gasteiger partial charge in [-0.3, -0.25) is 4.90 Å². The fourth-order valence-corrected chi connectivity index (χ4v) is 3.41. The summed E-state index contributed by atoms with van der Waals surface area (Å²) in [6.45, 7) is 4.51. The van der Waals surface area contributed by atoms with E-state index in [2.05, 4.69) is 32.5 Å². The van der Waals surface area contributed by atoms with Crippen molar-refractivity contribution in [1.29, 1.82) is 0 Å². The van der Waals surface area contributed by atoms with Gasteiger partial charge in [0.05, 0.1) is 0 Å². The molecule has 1 aromatic heterocycles. The number of nitrogens with one attached hydrogen (secondary N) is 2. The van der Waals surface area contributed by atoms with Crippen molar-refractivity contribution < 1.29 is 0 Å². The molecular formula is C14H24N6. The van der Waals surface area contributed by atoms with Crippen LogP contribution in [0.5, 0.6) is 0 Å². The average Bonchev–Trinajstić information content (AvgIpc) is 2.90. The summed E-state index contributed by atoms with van der Waals surface area (Å²) in [6, 6.07) is 3.06. The minimum absolute atomic E-state index is 0.500. The Kier molecular flexibility index (Phi) is 4.03. The molecule has 0 saturated carbocycles. The van der Waals surface area contributed by atoms with Crippen LogP contribution in [-0.4, -0.2) is 40.0 Å². The molecule has 4 N–H and O–H groups in total. The SMILES string of the molecule is CCc1nc(NN)cc(NC2CCN3CCCCC23)n1. The van der Waals surface area contributed by atoms with Gasteiger partial charge in [0, 0.05) is 31.1 Å². The molecule has 20 heavy (non-hydrogen) atoms. The molecule has 2 fully saturated rings. The van der Waals surface area contributed by atoms with E-state index in [0.717, 1.165) is 18.1 Å². The molecule has 2 atom stereocenters. The fourth-order valence-electron chi connectivity index (χ4n) is 3.41. The number of hydrazine groups is 1. The average molecular weight is 276 g/mol. The molecule has 2 aliphatic heterocycles. The summed E-state index contributed by atoms with van der Waals surface area (Å²) < 4.78 is 0. The van der Waals surface area contributed by atoms with Gasteiger partial charge >= 0.3 is 0 Å². The fraction of sp³-hybridized carbons (Fsp3) is 0.714. The second kappa shape index (κ2) is 5.93. The van der Waals surface area contributed by atoms with E-state index in [-0.39, 0.29) is 0 Å². The van der Waals surface area contributed by atoms with Crippen LogP contribution in [0.4, 0.5) is 11.6 Å². The van der Waals surface area contributed by atoms with E-state index < -0.39 is 0 Å². The van der Waals surface area contributed by atoms with Crippen molar-refractivity contribution in [3.05, 3.63) is 11.9 Å². The number of fused-ring (bicyclic) bond motifs is 1. The molecule has 0 amide bonds. The van der Waals surface area contributed by atoms with Crippen LogP contribution >= 0.6 is 0 Å². The van der Waals surface area contributed by atoms with E-state index in [1.807, 2.05) is 6.07 Å². The van der Waals surface area contributed by atoms with E-state index in [1.54, 1.807) is 0 Å². The first-order valence-corrected chi connectivity index (χ1v) is 7.65. The topological polar surface area (TPSA) is 79.1 Å². The van der Waals surface area contributed by atoms with E-state index in [9.17, 15) is 0 Å². The summed E-state index contributed by atoms with van der Waals surface area (Å²) in [5, 5.41) is 3.60. The first-order chi connectivity index (χ1) is 9.80. The number of aromatic nitrogens is 2. The van der Waals surface area contributed by atoms with E-state index in [0.29, 0.717) is 17.9 Å². The zero-order valence-electron chi connectivity index (χ0n) is 12.1. The molecule has 0 spiro atoms. The lowest BCUT2D eigenvalue weighted by Gasteiger charge is -2.32. The minimum atomic E-state index is 0.500. The third-order valence-corrected chi connectivity index (χ3v) is 4.43. The number of hydrogen-bond donors (Lipinski definition) is 3. The first kappa shape index (κ1) is 13.6. The van der Waals surface area contributed by atoms with Crippen LogP contribution in [0.15, 0.2) is 6.07 Å². The summed E-state index contributed by atoms with van der Waals surface area (Å²) in [5.41, 5.74) is 2.62. The minimum Gasteiger partial charge on any atom is -0.366 e. The van der Waals surface area contributed by atoms with Gasteiger partial charge in [0.2, 0.25) is 0 Å². The molecule has 0 radical (unpaired) electrons. The molecule has 6 nitrogen and oxygen atoms in total. The van der Waals surface area contributed by atoms with E-state index in [1.165, 1.54) is 38.8 Å². The number of aryl methyl sites for hydroxylation is 1. The predicted molar refractivity (Wildman–Crippen MR) is 80.5 cm³/mol. The van der Waals surface area contributed by atoms with Crippen molar-refractivity contribution in [2.45, 2.75) is 51.1 Å². The summed E-state index contributed by atoms with van der Waals surface area (Å²) in [5.74, 6) is 7.87. The predicted octanol–water partition coefficient (Wildman–Crippen LogP) is 1.36. The first-order valence-electron chi connectivity index (χ1n) is 7.65. The molecule has 6 heteroatoms. The largest absolute Gasteiger partial charge is 0.366 e. The lowest BCUT2D eigenvalue weighted by Crippen LogP contribution is -2.41. The third-order valence-electron chi connectivity index (χ3n) is 4.43. The van der Waals surface area contributed by atoms with Crippen LogP contribution in [0.3, 0.4) is 0 Å². The van der Waals surface area contributed by atoms with Crippen LogP contribution in [0.1, 0.15) is 38.4 Å². The Balaban J connectivity index is 1.74. The van der Waals surface area contributed by atoms with Gasteiger partial charge in [-0.25, -0.2) is 15.8 Å². The van der Waals surface area contributed by atoms with Gasteiger partial charge in [0.1, 0.15) is 17.5 Å². The third kappa shape index (κ3) is 2.71. The molecule has 2 saturated heterocycles. The van der Waals surface area contributed by atoms with Crippen molar-refractivity contribution in [2.75, 3.05) is 23.8 Å². The zero-order chi connectivity index (χ0) is 13.9. The summed E-state index contributed by atoms with van der Waals surface area (Å²) in [6.07, 6.45) is 5.99. The second-order valence-electron chi connectivity index (χ2n) is 5.69. The number of nitrogens with two attached hydrogens (primary N) is 1. The van der Waals surface area contributed by atoms with Crippen molar-refractivity contribution >= 4 is 11.6 Å².